The number of likely N-dealkylation sites (tertiary alicyclic amines) is 1. The zero-order valence-electron chi connectivity index (χ0n) is 15.4. The van der Waals surface area contributed by atoms with Gasteiger partial charge in [0.25, 0.3) is 5.56 Å². The fraction of sp³-hybridized carbons (Fsp3) is 0.400. The molecule has 2 aromatic heterocycles. The van der Waals surface area contributed by atoms with Crippen LogP contribution in [0.2, 0.25) is 0 Å². The monoisotopic (exact) mass is 368 g/mol. The van der Waals surface area contributed by atoms with Crippen LogP contribution >= 0.6 is 0 Å². The van der Waals surface area contributed by atoms with Crippen LogP contribution in [0.3, 0.4) is 0 Å². The zero-order valence-corrected chi connectivity index (χ0v) is 15.4. The minimum atomic E-state index is -0.331. The predicted octanol–water partition coefficient (Wildman–Crippen LogP) is 1.11. The van der Waals surface area contributed by atoms with Gasteiger partial charge in [0, 0.05) is 44.0 Å². The van der Waals surface area contributed by atoms with Crippen molar-refractivity contribution < 1.29 is 9.59 Å². The van der Waals surface area contributed by atoms with Crippen molar-refractivity contribution in [1.82, 2.24) is 19.8 Å². The topological polar surface area (TPSA) is 84.3 Å². The van der Waals surface area contributed by atoms with E-state index in [-0.39, 0.29) is 29.7 Å². The summed E-state index contributed by atoms with van der Waals surface area (Å²) >= 11 is 0. The minimum Gasteiger partial charge on any atom is -0.356 e. The largest absolute Gasteiger partial charge is 0.356 e. The Morgan fingerprint density at radius 3 is 2.81 bits per heavy atom. The number of carbonyl (C=O) groups excluding carboxylic acids is 2. The summed E-state index contributed by atoms with van der Waals surface area (Å²) in [6.07, 6.45) is 2.59. The first-order valence-corrected chi connectivity index (χ1v) is 9.16. The van der Waals surface area contributed by atoms with Crippen molar-refractivity contribution in [3.63, 3.8) is 0 Å². The van der Waals surface area contributed by atoms with E-state index in [0.29, 0.717) is 32.6 Å². The Bertz CT molecular complexity index is 863. The number of aryl methyl sites for hydroxylation is 1. The third-order valence-corrected chi connectivity index (χ3v) is 4.79. The molecule has 3 heterocycles. The maximum atomic E-state index is 12.4. The lowest BCUT2D eigenvalue weighted by Crippen LogP contribution is -2.34. The fourth-order valence-electron chi connectivity index (χ4n) is 3.29. The molecule has 0 aliphatic carbocycles. The second-order valence-electron chi connectivity index (χ2n) is 6.80. The van der Waals surface area contributed by atoms with Crippen LogP contribution in [-0.2, 0) is 22.7 Å². The molecule has 7 nitrogen and oxygen atoms in total. The summed E-state index contributed by atoms with van der Waals surface area (Å²) in [7, 11) is 0. The van der Waals surface area contributed by atoms with Crippen LogP contribution in [-0.4, -0.2) is 39.4 Å². The maximum Gasteiger partial charge on any atom is 0.250 e. The van der Waals surface area contributed by atoms with Crippen molar-refractivity contribution in [2.75, 3.05) is 13.1 Å². The molecule has 0 saturated carbocycles. The van der Waals surface area contributed by atoms with Crippen LogP contribution in [0.25, 0.3) is 0 Å². The smallest absolute Gasteiger partial charge is 0.250 e. The molecule has 27 heavy (non-hydrogen) atoms. The summed E-state index contributed by atoms with van der Waals surface area (Å²) in [6, 6.07) is 10.7. The molecule has 0 bridgehead atoms. The number of nitrogens with zero attached hydrogens (tertiary/aromatic N) is 3. The molecule has 1 atom stereocenters. The lowest BCUT2D eigenvalue weighted by molar-refractivity contribution is -0.129. The normalized spacial score (nSPS) is 16.6. The van der Waals surface area contributed by atoms with Gasteiger partial charge < -0.3 is 14.8 Å². The summed E-state index contributed by atoms with van der Waals surface area (Å²) < 4.78 is 1.69. The number of nitrogens with one attached hydrogen (secondary N) is 1. The maximum absolute atomic E-state index is 12.4. The number of carbonyl (C=O) groups is 2. The first-order chi connectivity index (χ1) is 13.0. The Kier molecular flexibility index (Phi) is 6.01. The molecule has 142 valence electrons. The van der Waals surface area contributed by atoms with E-state index in [9.17, 15) is 14.4 Å². The predicted molar refractivity (Wildman–Crippen MR) is 101 cm³/mol. The summed E-state index contributed by atoms with van der Waals surface area (Å²) in [5.41, 5.74) is 1.68. The summed E-state index contributed by atoms with van der Waals surface area (Å²) in [4.78, 5) is 42.3. The number of hydrogen-bond acceptors (Lipinski definition) is 4. The third-order valence-electron chi connectivity index (χ3n) is 4.79. The number of pyridine rings is 2. The quantitative estimate of drug-likeness (QED) is 0.742. The summed E-state index contributed by atoms with van der Waals surface area (Å²) in [5.74, 6) is -0.460. The van der Waals surface area contributed by atoms with E-state index < -0.39 is 0 Å². The molecular weight excluding hydrogens is 344 g/mol. The van der Waals surface area contributed by atoms with Crippen LogP contribution in [0.1, 0.15) is 24.2 Å². The van der Waals surface area contributed by atoms with Crippen molar-refractivity contribution in [3.8, 4) is 0 Å². The van der Waals surface area contributed by atoms with E-state index in [4.69, 9.17) is 0 Å². The lowest BCUT2D eigenvalue weighted by atomic mass is 10.1. The van der Waals surface area contributed by atoms with Gasteiger partial charge in [-0.3, -0.25) is 19.4 Å². The fourth-order valence-corrected chi connectivity index (χ4v) is 3.29. The molecule has 1 aliphatic rings. The van der Waals surface area contributed by atoms with Crippen LogP contribution < -0.4 is 10.9 Å². The molecular formula is C20H24N4O3. The number of rotatable bonds is 7. The highest BCUT2D eigenvalue weighted by Gasteiger charge is 2.34. The van der Waals surface area contributed by atoms with Gasteiger partial charge in [0.05, 0.1) is 18.2 Å². The third kappa shape index (κ3) is 4.81. The Balaban J connectivity index is 1.45. The summed E-state index contributed by atoms with van der Waals surface area (Å²) in [5, 5.41) is 2.89. The molecule has 7 heteroatoms. The average molecular weight is 368 g/mol. The first-order valence-electron chi connectivity index (χ1n) is 9.16. The number of aromatic nitrogens is 2. The lowest BCUT2D eigenvalue weighted by Gasteiger charge is -2.16. The second kappa shape index (κ2) is 8.62. The van der Waals surface area contributed by atoms with Gasteiger partial charge in [-0.1, -0.05) is 12.1 Å². The van der Waals surface area contributed by atoms with Gasteiger partial charge in [0.15, 0.2) is 0 Å². The van der Waals surface area contributed by atoms with E-state index in [0.717, 1.165) is 11.4 Å². The Hall–Kier alpha value is -2.96. The van der Waals surface area contributed by atoms with Gasteiger partial charge in [-0.15, -0.1) is 0 Å². The van der Waals surface area contributed by atoms with Crippen LogP contribution in [0.15, 0.2) is 47.4 Å². The van der Waals surface area contributed by atoms with E-state index in [2.05, 4.69) is 10.3 Å². The highest BCUT2D eigenvalue weighted by Crippen LogP contribution is 2.19. The molecule has 0 aromatic carbocycles. The van der Waals surface area contributed by atoms with Crippen molar-refractivity contribution in [2.24, 2.45) is 5.92 Å². The molecule has 1 fully saturated rings. The Labute approximate surface area is 158 Å². The van der Waals surface area contributed by atoms with Crippen molar-refractivity contribution in [2.45, 2.75) is 32.9 Å². The molecule has 0 radical (unpaired) electrons. The number of hydrogen-bond donors (Lipinski definition) is 1. The van der Waals surface area contributed by atoms with Gasteiger partial charge in [0.1, 0.15) is 0 Å². The van der Waals surface area contributed by atoms with E-state index >= 15 is 0 Å². The highest BCUT2D eigenvalue weighted by molar-refractivity contribution is 5.89. The minimum absolute atomic E-state index is 0.0211. The van der Waals surface area contributed by atoms with E-state index in [1.54, 1.807) is 21.7 Å². The number of amides is 2. The van der Waals surface area contributed by atoms with Gasteiger partial charge in [-0.05, 0) is 31.5 Å². The van der Waals surface area contributed by atoms with Crippen LogP contribution in [0, 0.1) is 12.8 Å². The molecule has 3 rings (SSSR count). The molecule has 0 spiro atoms. The first kappa shape index (κ1) is 18.8. The molecule has 0 unspecified atom stereocenters. The molecule has 1 aliphatic heterocycles. The molecule has 1 N–H and O–H groups in total. The van der Waals surface area contributed by atoms with E-state index in [1.165, 1.54) is 6.07 Å². The molecule has 2 amide bonds. The molecule has 2 aromatic rings. The van der Waals surface area contributed by atoms with Gasteiger partial charge in [-0.25, -0.2) is 0 Å². The zero-order chi connectivity index (χ0) is 19.2. The Morgan fingerprint density at radius 1 is 1.22 bits per heavy atom. The van der Waals surface area contributed by atoms with Gasteiger partial charge in [-0.2, -0.15) is 0 Å². The van der Waals surface area contributed by atoms with Crippen LogP contribution in [0.5, 0.6) is 0 Å². The standard InChI is InChI=1S/C20H24N4O3/c1-15-6-4-8-18(25)24(15)11-5-10-22-20(27)16-12-19(26)23(13-16)14-17-7-2-3-9-21-17/h2-4,6-9,16H,5,10-14H2,1H3,(H,22,27)/t16-/m1/s1. The van der Waals surface area contributed by atoms with Crippen LogP contribution in [0.4, 0.5) is 0 Å². The SMILES string of the molecule is Cc1cccc(=O)n1CCCNC(=O)[C@@H]1CC(=O)N(Cc2ccccn2)C1. The second-order valence-corrected chi connectivity index (χ2v) is 6.80. The molecule has 1 saturated heterocycles. The highest BCUT2D eigenvalue weighted by atomic mass is 16.2. The van der Waals surface area contributed by atoms with Gasteiger partial charge >= 0.3 is 0 Å². The Morgan fingerprint density at radius 2 is 2.07 bits per heavy atom. The van der Waals surface area contributed by atoms with Gasteiger partial charge in [0.2, 0.25) is 11.8 Å². The van der Waals surface area contributed by atoms with Crippen molar-refractivity contribution >= 4 is 11.8 Å². The summed E-state index contributed by atoms with van der Waals surface area (Å²) in [6.45, 7) is 3.77. The average Bonchev–Trinajstić information content (AvgIpc) is 3.02. The van der Waals surface area contributed by atoms with E-state index in [1.807, 2.05) is 31.2 Å². The van der Waals surface area contributed by atoms with Crippen molar-refractivity contribution in [3.05, 3.63) is 64.3 Å². The van der Waals surface area contributed by atoms with Crippen molar-refractivity contribution in [1.29, 1.82) is 0 Å².